The molecule has 1 heterocycles. The number of halogens is 1. The van der Waals surface area contributed by atoms with Gasteiger partial charge >= 0.3 is 0 Å². The number of para-hydroxylation sites is 1. The quantitative estimate of drug-likeness (QED) is 0.711. The third-order valence-corrected chi connectivity index (χ3v) is 3.60. The van der Waals surface area contributed by atoms with E-state index in [2.05, 4.69) is 6.07 Å². The van der Waals surface area contributed by atoms with E-state index >= 15 is 0 Å². The van der Waals surface area contributed by atoms with Gasteiger partial charge in [-0.25, -0.2) is 0 Å². The van der Waals surface area contributed by atoms with Crippen molar-refractivity contribution in [2.24, 2.45) is 0 Å². The summed E-state index contributed by atoms with van der Waals surface area (Å²) in [5.74, 6) is 0.814. The van der Waals surface area contributed by atoms with Gasteiger partial charge in [-0.05, 0) is 41.5 Å². The van der Waals surface area contributed by atoms with Crippen molar-refractivity contribution in [3.05, 3.63) is 89.2 Å². The number of hydrogen-bond acceptors (Lipinski definition) is 2. The van der Waals surface area contributed by atoms with Crippen LogP contribution in [0, 0.1) is 11.3 Å². The van der Waals surface area contributed by atoms with Crippen molar-refractivity contribution in [2.45, 2.75) is 0 Å². The Labute approximate surface area is 134 Å². The zero-order chi connectivity index (χ0) is 15.4. The average Bonchev–Trinajstić information content (AvgIpc) is 2.57. The minimum absolute atomic E-state index is 0.585. The van der Waals surface area contributed by atoms with Gasteiger partial charge in [-0.1, -0.05) is 48.0 Å². The van der Waals surface area contributed by atoms with Crippen LogP contribution in [0.25, 0.3) is 11.1 Å². The summed E-state index contributed by atoms with van der Waals surface area (Å²) < 4.78 is 5.46. The highest BCUT2D eigenvalue weighted by Crippen LogP contribution is 2.31. The zero-order valence-electron chi connectivity index (χ0n) is 11.7. The Hall–Kier alpha value is -2.76. The Bertz CT molecular complexity index is 823. The van der Waals surface area contributed by atoms with E-state index in [0.29, 0.717) is 10.6 Å². The Kier molecular flexibility index (Phi) is 4.09. The van der Waals surface area contributed by atoms with Crippen molar-refractivity contribution in [2.75, 3.05) is 0 Å². The zero-order valence-corrected chi connectivity index (χ0v) is 12.4. The predicted octanol–water partition coefficient (Wildman–Crippen LogP) is 5.24. The monoisotopic (exact) mass is 305 g/mol. The van der Waals surface area contributed by atoms with E-state index in [-0.39, 0.29) is 0 Å². The normalized spacial score (nSPS) is 15.1. The third-order valence-electron chi connectivity index (χ3n) is 3.35. The predicted molar refractivity (Wildman–Crippen MR) is 89.2 cm³/mol. The van der Waals surface area contributed by atoms with Gasteiger partial charge in [0.1, 0.15) is 5.75 Å². The Morgan fingerprint density at radius 1 is 1.09 bits per heavy atom. The van der Waals surface area contributed by atoms with Crippen molar-refractivity contribution in [1.29, 1.82) is 5.26 Å². The molecule has 0 spiro atoms. The third kappa shape index (κ3) is 2.95. The largest absolute Gasteiger partial charge is 0.464 e. The Balaban J connectivity index is 1.97. The van der Waals surface area contributed by atoms with Crippen LogP contribution in [0.15, 0.2) is 73.0 Å². The molecule has 0 aliphatic carbocycles. The van der Waals surface area contributed by atoms with E-state index in [1.165, 1.54) is 0 Å². The molecule has 2 aromatic rings. The molecule has 0 radical (unpaired) electrons. The SMILES string of the molecule is N#C/C(=C/C=C1/C=COc2ccccc21)c1ccc(Cl)cc1. The molecule has 3 rings (SSSR count). The molecule has 1 aliphatic rings. The van der Waals surface area contributed by atoms with Crippen molar-refractivity contribution >= 4 is 22.7 Å². The van der Waals surface area contributed by atoms with E-state index < -0.39 is 0 Å². The summed E-state index contributed by atoms with van der Waals surface area (Å²) >= 11 is 5.88. The summed E-state index contributed by atoms with van der Waals surface area (Å²) in [7, 11) is 0. The highest BCUT2D eigenvalue weighted by atomic mass is 35.5. The number of fused-ring (bicyclic) bond motifs is 1. The van der Waals surface area contributed by atoms with Gasteiger partial charge in [0.05, 0.1) is 17.9 Å². The minimum atomic E-state index is 0.585. The maximum absolute atomic E-state index is 9.35. The molecule has 106 valence electrons. The van der Waals surface area contributed by atoms with Crippen LogP contribution in [-0.4, -0.2) is 0 Å². The molecule has 0 amide bonds. The highest BCUT2D eigenvalue weighted by Gasteiger charge is 2.09. The number of allylic oxidation sites excluding steroid dienone is 5. The standard InChI is InChI=1S/C19H12ClNO/c20-17-9-7-14(8-10-17)16(13-21)6-5-15-11-12-22-19-4-2-1-3-18(15)19/h1-12H/b15-5-,16-6-. The number of rotatable bonds is 2. The molecule has 3 heteroatoms. The molecule has 2 aromatic carbocycles. The summed E-state index contributed by atoms with van der Waals surface area (Å²) in [5, 5.41) is 10.0. The van der Waals surface area contributed by atoms with Crippen LogP contribution >= 0.6 is 11.6 Å². The lowest BCUT2D eigenvalue weighted by molar-refractivity contribution is 0.476. The van der Waals surface area contributed by atoms with Crippen LogP contribution in [-0.2, 0) is 0 Å². The molecule has 0 aromatic heterocycles. The maximum Gasteiger partial charge on any atom is 0.134 e. The highest BCUT2D eigenvalue weighted by molar-refractivity contribution is 6.30. The van der Waals surface area contributed by atoms with Gasteiger partial charge in [0, 0.05) is 10.6 Å². The van der Waals surface area contributed by atoms with Crippen LogP contribution in [0.3, 0.4) is 0 Å². The molecular weight excluding hydrogens is 294 g/mol. The molecule has 0 saturated carbocycles. The summed E-state index contributed by atoms with van der Waals surface area (Å²) in [5.41, 5.74) is 3.44. The van der Waals surface area contributed by atoms with Crippen molar-refractivity contribution in [3.63, 3.8) is 0 Å². The molecule has 0 N–H and O–H groups in total. The fraction of sp³-hybridized carbons (Fsp3) is 0. The second-order valence-corrected chi connectivity index (χ2v) is 5.17. The maximum atomic E-state index is 9.35. The lowest BCUT2D eigenvalue weighted by Crippen LogP contribution is -1.94. The molecule has 0 unspecified atom stereocenters. The van der Waals surface area contributed by atoms with Gasteiger partial charge < -0.3 is 4.74 Å². The van der Waals surface area contributed by atoms with E-state index in [4.69, 9.17) is 16.3 Å². The molecule has 22 heavy (non-hydrogen) atoms. The van der Waals surface area contributed by atoms with Crippen LogP contribution in [0.4, 0.5) is 0 Å². The van der Waals surface area contributed by atoms with Gasteiger partial charge in [-0.3, -0.25) is 0 Å². The van der Waals surface area contributed by atoms with E-state index in [1.807, 2.05) is 54.6 Å². The first-order chi connectivity index (χ1) is 10.8. The summed E-state index contributed by atoms with van der Waals surface area (Å²) in [6.45, 7) is 0. The van der Waals surface area contributed by atoms with Crippen molar-refractivity contribution in [1.82, 2.24) is 0 Å². The second-order valence-electron chi connectivity index (χ2n) is 4.74. The first-order valence-corrected chi connectivity index (χ1v) is 7.16. The van der Waals surface area contributed by atoms with Crippen LogP contribution in [0.5, 0.6) is 5.75 Å². The lowest BCUT2D eigenvalue weighted by atomic mass is 10.0. The lowest BCUT2D eigenvalue weighted by Gasteiger charge is -2.13. The number of ether oxygens (including phenoxy) is 1. The first kappa shape index (κ1) is 14.2. The molecule has 0 bridgehead atoms. The average molecular weight is 306 g/mol. The van der Waals surface area contributed by atoms with Crippen molar-refractivity contribution < 1.29 is 4.74 Å². The summed E-state index contributed by atoms with van der Waals surface area (Å²) in [6.07, 6.45) is 7.27. The second kappa shape index (κ2) is 6.34. The first-order valence-electron chi connectivity index (χ1n) is 6.78. The molecule has 1 aliphatic heterocycles. The fourth-order valence-electron chi connectivity index (χ4n) is 2.22. The molecule has 0 saturated heterocycles. The van der Waals surface area contributed by atoms with Gasteiger partial charge in [-0.15, -0.1) is 0 Å². The van der Waals surface area contributed by atoms with Gasteiger partial charge in [0.15, 0.2) is 0 Å². The van der Waals surface area contributed by atoms with Crippen molar-refractivity contribution in [3.8, 4) is 11.8 Å². The Morgan fingerprint density at radius 3 is 2.64 bits per heavy atom. The molecule has 2 nitrogen and oxygen atoms in total. The molecule has 0 atom stereocenters. The number of benzene rings is 2. The number of nitriles is 1. The smallest absolute Gasteiger partial charge is 0.134 e. The topological polar surface area (TPSA) is 33.0 Å². The van der Waals surface area contributed by atoms with Gasteiger partial charge in [0.2, 0.25) is 0 Å². The van der Waals surface area contributed by atoms with Gasteiger partial charge in [0.25, 0.3) is 0 Å². The number of nitrogens with zero attached hydrogens (tertiary/aromatic N) is 1. The van der Waals surface area contributed by atoms with E-state index in [0.717, 1.165) is 22.4 Å². The van der Waals surface area contributed by atoms with Crippen LogP contribution in [0.2, 0.25) is 5.02 Å². The Morgan fingerprint density at radius 2 is 1.86 bits per heavy atom. The van der Waals surface area contributed by atoms with E-state index in [1.54, 1.807) is 18.4 Å². The summed E-state index contributed by atoms with van der Waals surface area (Å²) in [6, 6.07) is 17.2. The number of hydrogen-bond donors (Lipinski definition) is 0. The molecule has 0 fully saturated rings. The molecular formula is C19H12ClNO. The summed E-state index contributed by atoms with van der Waals surface area (Å²) in [4.78, 5) is 0. The van der Waals surface area contributed by atoms with Crippen LogP contribution in [0.1, 0.15) is 11.1 Å². The van der Waals surface area contributed by atoms with E-state index in [9.17, 15) is 5.26 Å². The van der Waals surface area contributed by atoms with Gasteiger partial charge in [-0.2, -0.15) is 5.26 Å². The minimum Gasteiger partial charge on any atom is -0.464 e. The fourth-order valence-corrected chi connectivity index (χ4v) is 2.35. The van der Waals surface area contributed by atoms with Crippen LogP contribution < -0.4 is 4.74 Å².